The lowest BCUT2D eigenvalue weighted by Gasteiger charge is -2.28. The first-order valence-corrected chi connectivity index (χ1v) is 9.57. The van der Waals surface area contributed by atoms with Gasteiger partial charge in [-0.1, -0.05) is 35.9 Å². The average molecular weight is 356 g/mol. The molecule has 4 rings (SSSR count). The van der Waals surface area contributed by atoms with Crippen LogP contribution in [-0.4, -0.2) is 34.4 Å². The Morgan fingerprint density at radius 3 is 2.42 bits per heavy atom. The predicted molar refractivity (Wildman–Crippen MR) is 104 cm³/mol. The van der Waals surface area contributed by atoms with Crippen LogP contribution in [0, 0.1) is 0 Å². The number of thioether (sulfide) groups is 1. The van der Waals surface area contributed by atoms with Crippen LogP contribution in [0.15, 0.2) is 60.9 Å². The lowest BCUT2D eigenvalue weighted by atomic mass is 10.1. The third-order valence-corrected chi connectivity index (χ3v) is 5.52. The first-order chi connectivity index (χ1) is 11.8. The number of benzene rings is 2. The van der Waals surface area contributed by atoms with Crippen LogP contribution in [0.4, 0.5) is 5.69 Å². The van der Waals surface area contributed by atoms with Gasteiger partial charge in [0.25, 0.3) is 0 Å². The zero-order valence-electron chi connectivity index (χ0n) is 13.2. The molecule has 24 heavy (non-hydrogen) atoms. The molecule has 5 heteroatoms. The molecule has 0 amide bonds. The van der Waals surface area contributed by atoms with Crippen LogP contribution in [0.25, 0.3) is 16.8 Å². The SMILES string of the molecule is Clc1ccccc1-n1cc(-c2ccc(N3CCSCC3)cc2)cn1. The van der Waals surface area contributed by atoms with Crippen LogP contribution in [0.1, 0.15) is 0 Å². The van der Waals surface area contributed by atoms with Crippen molar-refractivity contribution in [1.82, 2.24) is 9.78 Å². The summed E-state index contributed by atoms with van der Waals surface area (Å²) in [5.41, 5.74) is 4.46. The molecule has 1 aliphatic heterocycles. The van der Waals surface area contributed by atoms with E-state index >= 15 is 0 Å². The first kappa shape index (κ1) is 15.6. The maximum absolute atomic E-state index is 6.25. The van der Waals surface area contributed by atoms with Crippen molar-refractivity contribution in [2.45, 2.75) is 0 Å². The zero-order valence-corrected chi connectivity index (χ0v) is 14.8. The fourth-order valence-electron chi connectivity index (χ4n) is 2.93. The summed E-state index contributed by atoms with van der Waals surface area (Å²) in [5.74, 6) is 2.43. The molecule has 0 spiro atoms. The van der Waals surface area contributed by atoms with Gasteiger partial charge in [-0.05, 0) is 29.8 Å². The Balaban J connectivity index is 1.57. The van der Waals surface area contributed by atoms with Crippen molar-refractivity contribution >= 4 is 29.1 Å². The summed E-state index contributed by atoms with van der Waals surface area (Å²) >= 11 is 8.28. The second-order valence-corrected chi connectivity index (χ2v) is 7.40. The van der Waals surface area contributed by atoms with Gasteiger partial charge < -0.3 is 4.90 Å². The number of hydrogen-bond acceptors (Lipinski definition) is 3. The smallest absolute Gasteiger partial charge is 0.0831 e. The van der Waals surface area contributed by atoms with E-state index in [9.17, 15) is 0 Å². The van der Waals surface area contributed by atoms with E-state index in [0.717, 1.165) is 24.3 Å². The van der Waals surface area contributed by atoms with Gasteiger partial charge in [0.1, 0.15) is 0 Å². The molecule has 3 nitrogen and oxygen atoms in total. The third kappa shape index (κ3) is 3.17. The molecule has 0 N–H and O–H groups in total. The molecule has 0 atom stereocenters. The summed E-state index contributed by atoms with van der Waals surface area (Å²) in [5, 5.41) is 5.15. The summed E-state index contributed by atoms with van der Waals surface area (Å²) in [4.78, 5) is 2.45. The number of hydrogen-bond donors (Lipinski definition) is 0. The van der Waals surface area contributed by atoms with E-state index in [1.54, 1.807) is 0 Å². The molecular weight excluding hydrogens is 338 g/mol. The molecular formula is C19H18ClN3S. The molecule has 0 radical (unpaired) electrons. The normalized spacial score (nSPS) is 14.8. The van der Waals surface area contributed by atoms with Gasteiger partial charge in [0.15, 0.2) is 0 Å². The molecule has 2 heterocycles. The first-order valence-electron chi connectivity index (χ1n) is 8.04. The predicted octanol–water partition coefficient (Wildman–Crippen LogP) is 4.75. The number of nitrogens with zero attached hydrogens (tertiary/aromatic N) is 3. The minimum absolute atomic E-state index is 0.700. The molecule has 3 aromatic rings. The van der Waals surface area contributed by atoms with Gasteiger partial charge in [-0.3, -0.25) is 0 Å². The Labute approximate surface area is 151 Å². The zero-order chi connectivity index (χ0) is 16.4. The number of para-hydroxylation sites is 1. The summed E-state index contributed by atoms with van der Waals surface area (Å²) in [6.07, 6.45) is 3.91. The molecule has 0 aliphatic carbocycles. The Hall–Kier alpha value is -1.91. The molecule has 1 aliphatic rings. The summed E-state index contributed by atoms with van der Waals surface area (Å²) in [6, 6.07) is 16.5. The van der Waals surface area contributed by atoms with E-state index < -0.39 is 0 Å². The molecule has 2 aromatic carbocycles. The Bertz CT molecular complexity index is 823. The van der Waals surface area contributed by atoms with E-state index in [4.69, 9.17) is 11.6 Å². The van der Waals surface area contributed by atoms with Crippen molar-refractivity contribution in [1.29, 1.82) is 0 Å². The molecule has 1 saturated heterocycles. The number of aromatic nitrogens is 2. The van der Waals surface area contributed by atoms with Gasteiger partial charge in [-0.15, -0.1) is 0 Å². The molecule has 0 saturated carbocycles. The van der Waals surface area contributed by atoms with E-state index in [0.29, 0.717) is 5.02 Å². The maximum Gasteiger partial charge on any atom is 0.0831 e. The van der Waals surface area contributed by atoms with Gasteiger partial charge in [0, 0.05) is 42.0 Å². The van der Waals surface area contributed by atoms with E-state index in [1.165, 1.54) is 22.8 Å². The summed E-state index contributed by atoms with van der Waals surface area (Å²) in [6.45, 7) is 2.27. The minimum Gasteiger partial charge on any atom is -0.370 e. The second kappa shape index (κ2) is 6.91. The fraction of sp³-hybridized carbons (Fsp3) is 0.211. The van der Waals surface area contributed by atoms with Crippen molar-refractivity contribution in [3.63, 3.8) is 0 Å². The highest BCUT2D eigenvalue weighted by Gasteiger charge is 2.11. The van der Waals surface area contributed by atoms with E-state index in [1.807, 2.05) is 53.1 Å². The van der Waals surface area contributed by atoms with E-state index in [2.05, 4.69) is 34.3 Å². The highest BCUT2D eigenvalue weighted by Crippen LogP contribution is 2.26. The average Bonchev–Trinajstić information content (AvgIpc) is 3.13. The highest BCUT2D eigenvalue weighted by atomic mass is 35.5. The van der Waals surface area contributed by atoms with Gasteiger partial charge in [0.05, 0.1) is 16.9 Å². The topological polar surface area (TPSA) is 21.1 Å². The number of rotatable bonds is 3. The Morgan fingerprint density at radius 2 is 1.67 bits per heavy atom. The van der Waals surface area contributed by atoms with Crippen molar-refractivity contribution in [2.75, 3.05) is 29.5 Å². The van der Waals surface area contributed by atoms with Crippen LogP contribution in [0.5, 0.6) is 0 Å². The molecule has 0 unspecified atom stereocenters. The van der Waals surface area contributed by atoms with Crippen molar-refractivity contribution in [3.8, 4) is 16.8 Å². The molecule has 0 bridgehead atoms. The van der Waals surface area contributed by atoms with Gasteiger partial charge in [-0.25, -0.2) is 4.68 Å². The van der Waals surface area contributed by atoms with Crippen LogP contribution in [0.3, 0.4) is 0 Å². The van der Waals surface area contributed by atoms with Crippen LogP contribution < -0.4 is 4.90 Å². The third-order valence-electron chi connectivity index (χ3n) is 4.26. The van der Waals surface area contributed by atoms with Gasteiger partial charge in [0.2, 0.25) is 0 Å². The highest BCUT2D eigenvalue weighted by molar-refractivity contribution is 7.99. The molecule has 1 fully saturated rings. The second-order valence-electron chi connectivity index (χ2n) is 5.77. The van der Waals surface area contributed by atoms with Crippen LogP contribution >= 0.6 is 23.4 Å². The van der Waals surface area contributed by atoms with Gasteiger partial charge >= 0.3 is 0 Å². The largest absolute Gasteiger partial charge is 0.370 e. The van der Waals surface area contributed by atoms with E-state index in [-0.39, 0.29) is 0 Å². The lowest BCUT2D eigenvalue weighted by molar-refractivity contribution is 0.859. The Kier molecular flexibility index (Phi) is 4.50. The number of anilines is 1. The minimum atomic E-state index is 0.700. The van der Waals surface area contributed by atoms with Gasteiger partial charge in [-0.2, -0.15) is 16.9 Å². The number of halogens is 1. The molecule has 122 valence electrons. The van der Waals surface area contributed by atoms with Crippen molar-refractivity contribution < 1.29 is 0 Å². The van der Waals surface area contributed by atoms with Crippen LogP contribution in [-0.2, 0) is 0 Å². The van der Waals surface area contributed by atoms with Crippen LogP contribution in [0.2, 0.25) is 5.02 Å². The lowest BCUT2D eigenvalue weighted by Crippen LogP contribution is -2.32. The summed E-state index contributed by atoms with van der Waals surface area (Å²) in [7, 11) is 0. The Morgan fingerprint density at radius 1 is 0.917 bits per heavy atom. The fourth-order valence-corrected chi connectivity index (χ4v) is 4.05. The van der Waals surface area contributed by atoms with Crippen molar-refractivity contribution in [2.24, 2.45) is 0 Å². The molecule has 1 aromatic heterocycles. The standard InChI is InChI=1S/C19H18ClN3S/c20-18-3-1-2-4-19(18)23-14-16(13-21-23)15-5-7-17(8-6-15)22-9-11-24-12-10-22/h1-8,13-14H,9-12H2. The maximum atomic E-state index is 6.25. The monoisotopic (exact) mass is 355 g/mol. The summed E-state index contributed by atoms with van der Waals surface area (Å²) < 4.78 is 1.83. The van der Waals surface area contributed by atoms with Crippen molar-refractivity contribution in [3.05, 3.63) is 65.9 Å². The quantitative estimate of drug-likeness (QED) is 0.676.